The number of nitrogens with one attached hydrogen (secondary N) is 3. The first-order valence-electron chi connectivity index (χ1n) is 12.9. The van der Waals surface area contributed by atoms with Crippen molar-refractivity contribution in [2.24, 2.45) is 5.10 Å². The molecule has 0 aliphatic carbocycles. The number of carbonyl (C=O) groups is 2. The highest BCUT2D eigenvalue weighted by Gasteiger charge is 2.32. The summed E-state index contributed by atoms with van der Waals surface area (Å²) in [6.45, 7) is 3.70. The minimum Gasteiger partial charge on any atom is -0.488 e. The SMILES string of the molecule is CCOC(=O)C1=C(C)NC(=S)N[C@@H]1c1ccccc1OCC(=O)NN=Cc1cc(Br)ccc1OCc1cccc(Cl)c1. The zero-order valence-corrected chi connectivity index (χ0v) is 25.9. The van der Waals surface area contributed by atoms with Crippen LogP contribution in [0.15, 0.2) is 87.6 Å². The van der Waals surface area contributed by atoms with Crippen LogP contribution in [0, 0.1) is 0 Å². The highest BCUT2D eigenvalue weighted by molar-refractivity contribution is 9.10. The van der Waals surface area contributed by atoms with E-state index in [-0.39, 0.29) is 13.2 Å². The summed E-state index contributed by atoms with van der Waals surface area (Å²) in [6.07, 6.45) is 1.49. The molecule has 9 nitrogen and oxygen atoms in total. The van der Waals surface area contributed by atoms with Crippen molar-refractivity contribution >= 4 is 63.0 Å². The molecule has 0 saturated heterocycles. The second-order valence-electron chi connectivity index (χ2n) is 9.01. The molecule has 1 aliphatic heterocycles. The molecule has 0 aromatic heterocycles. The first-order valence-corrected chi connectivity index (χ1v) is 14.5. The van der Waals surface area contributed by atoms with E-state index >= 15 is 0 Å². The molecule has 3 aromatic rings. The van der Waals surface area contributed by atoms with E-state index in [1.54, 1.807) is 44.2 Å². The summed E-state index contributed by atoms with van der Waals surface area (Å²) in [4.78, 5) is 25.4. The number of ether oxygens (including phenoxy) is 3. The molecule has 3 aromatic carbocycles. The minimum absolute atomic E-state index is 0.223. The summed E-state index contributed by atoms with van der Waals surface area (Å²) >= 11 is 14.8. The first kappa shape index (κ1) is 31.0. The van der Waals surface area contributed by atoms with E-state index in [2.05, 4.69) is 37.1 Å². The smallest absolute Gasteiger partial charge is 0.338 e. The number of benzene rings is 3. The van der Waals surface area contributed by atoms with Crippen LogP contribution < -0.4 is 25.5 Å². The highest BCUT2D eigenvalue weighted by atomic mass is 79.9. The van der Waals surface area contributed by atoms with E-state index < -0.39 is 17.9 Å². The number of para-hydroxylation sites is 1. The van der Waals surface area contributed by atoms with Gasteiger partial charge in [-0.1, -0.05) is 57.9 Å². The number of hydrazone groups is 1. The van der Waals surface area contributed by atoms with Gasteiger partial charge in [0.2, 0.25) is 0 Å². The fourth-order valence-electron chi connectivity index (χ4n) is 4.15. The van der Waals surface area contributed by atoms with Gasteiger partial charge in [-0.05, 0) is 68.0 Å². The quantitative estimate of drug-likeness (QED) is 0.105. The monoisotopic (exact) mass is 670 g/mol. The number of amides is 1. The lowest BCUT2D eigenvalue weighted by atomic mass is 9.95. The van der Waals surface area contributed by atoms with Crippen LogP contribution in [0.5, 0.6) is 11.5 Å². The number of nitrogens with zero attached hydrogens (tertiary/aromatic N) is 1. The van der Waals surface area contributed by atoms with E-state index in [0.717, 1.165) is 10.0 Å². The van der Waals surface area contributed by atoms with E-state index in [9.17, 15) is 9.59 Å². The van der Waals surface area contributed by atoms with Gasteiger partial charge in [0.05, 0.1) is 24.4 Å². The number of esters is 1. The van der Waals surface area contributed by atoms with Crippen molar-refractivity contribution in [2.75, 3.05) is 13.2 Å². The second-order valence-corrected chi connectivity index (χ2v) is 10.8. The molecule has 3 N–H and O–H groups in total. The largest absolute Gasteiger partial charge is 0.488 e. The normalized spacial score (nSPS) is 14.7. The van der Waals surface area contributed by atoms with Crippen molar-refractivity contribution in [3.8, 4) is 11.5 Å². The van der Waals surface area contributed by atoms with E-state index in [4.69, 9.17) is 38.0 Å². The Morgan fingerprint density at radius 3 is 2.69 bits per heavy atom. The average molecular weight is 672 g/mol. The van der Waals surface area contributed by atoms with Gasteiger partial charge >= 0.3 is 5.97 Å². The van der Waals surface area contributed by atoms with Crippen molar-refractivity contribution in [2.45, 2.75) is 26.5 Å². The zero-order chi connectivity index (χ0) is 30.1. The zero-order valence-electron chi connectivity index (χ0n) is 22.8. The first-order chi connectivity index (χ1) is 20.2. The lowest BCUT2D eigenvalue weighted by Crippen LogP contribution is -2.45. The van der Waals surface area contributed by atoms with Gasteiger partial charge in [0.15, 0.2) is 11.7 Å². The van der Waals surface area contributed by atoms with Crippen molar-refractivity contribution in [1.29, 1.82) is 0 Å². The van der Waals surface area contributed by atoms with Gasteiger partial charge in [-0.15, -0.1) is 0 Å². The summed E-state index contributed by atoms with van der Waals surface area (Å²) in [5.74, 6) is 0.0167. The second kappa shape index (κ2) is 14.8. The molecule has 4 rings (SSSR count). The molecule has 1 amide bonds. The average Bonchev–Trinajstić information content (AvgIpc) is 2.95. The maximum Gasteiger partial charge on any atom is 0.338 e. The van der Waals surface area contributed by atoms with Crippen LogP contribution in [-0.4, -0.2) is 36.4 Å². The maximum absolute atomic E-state index is 12.7. The lowest BCUT2D eigenvalue weighted by molar-refractivity contribution is -0.139. The number of hydrogen-bond donors (Lipinski definition) is 3. The number of carbonyl (C=O) groups excluding carboxylic acids is 2. The maximum atomic E-state index is 12.7. The number of allylic oxidation sites excluding steroid dienone is 1. The Kier molecular flexibility index (Phi) is 10.9. The van der Waals surface area contributed by atoms with Crippen molar-refractivity contribution in [1.82, 2.24) is 16.1 Å². The molecule has 12 heteroatoms. The third kappa shape index (κ3) is 8.31. The Hall–Kier alpha value is -3.93. The highest BCUT2D eigenvalue weighted by Crippen LogP contribution is 2.33. The Balaban J connectivity index is 1.41. The van der Waals surface area contributed by atoms with Gasteiger partial charge in [-0.2, -0.15) is 5.10 Å². The standard InChI is InChI=1S/C30H28BrClN4O5S/c1-3-39-29(38)27-18(2)34-30(42)35-28(27)23-9-4-5-10-25(23)41-17-26(37)36-33-15-20-14-21(31)11-12-24(20)40-16-19-7-6-8-22(32)13-19/h4-15,28H,3,16-17H2,1-2H3,(H,36,37)(H2,34,35,42)/t28-/m1/s1. The van der Waals surface area contributed by atoms with Crippen LogP contribution in [0.4, 0.5) is 0 Å². The van der Waals surface area contributed by atoms with Crippen molar-refractivity contribution < 1.29 is 23.8 Å². The Labute approximate surface area is 262 Å². The summed E-state index contributed by atoms with van der Waals surface area (Å²) < 4.78 is 17.9. The number of hydrogen-bond acceptors (Lipinski definition) is 7. The number of halogens is 2. The van der Waals surface area contributed by atoms with Gasteiger partial charge in [-0.25, -0.2) is 10.2 Å². The third-order valence-electron chi connectivity index (χ3n) is 6.00. The topological polar surface area (TPSA) is 110 Å². The molecule has 0 fully saturated rings. The predicted molar refractivity (Wildman–Crippen MR) is 169 cm³/mol. The molecule has 1 atom stereocenters. The minimum atomic E-state index is -0.628. The van der Waals surface area contributed by atoms with Crippen LogP contribution >= 0.6 is 39.7 Å². The molecular weight excluding hydrogens is 644 g/mol. The van der Waals surface area contributed by atoms with Crippen LogP contribution in [-0.2, 0) is 20.9 Å². The van der Waals surface area contributed by atoms with Crippen LogP contribution in [0.25, 0.3) is 0 Å². The molecule has 1 aliphatic rings. The lowest BCUT2D eigenvalue weighted by Gasteiger charge is -2.30. The molecule has 0 spiro atoms. The molecule has 42 heavy (non-hydrogen) atoms. The Bertz CT molecular complexity index is 1550. The van der Waals surface area contributed by atoms with Gasteiger partial charge in [-0.3, -0.25) is 4.79 Å². The number of rotatable bonds is 11. The summed E-state index contributed by atoms with van der Waals surface area (Å²) in [6, 6.07) is 19.3. The van der Waals surface area contributed by atoms with Gasteiger partial charge in [0.25, 0.3) is 5.91 Å². The number of thiocarbonyl (C=S) groups is 1. The van der Waals surface area contributed by atoms with Crippen molar-refractivity contribution in [3.63, 3.8) is 0 Å². The van der Waals surface area contributed by atoms with Crippen LogP contribution in [0.2, 0.25) is 5.02 Å². The van der Waals surface area contributed by atoms with Crippen LogP contribution in [0.3, 0.4) is 0 Å². The molecule has 0 unspecified atom stereocenters. The molecular formula is C30H28BrClN4O5S. The molecule has 218 valence electrons. The molecule has 1 heterocycles. The van der Waals surface area contributed by atoms with E-state index in [1.165, 1.54) is 6.21 Å². The molecule has 0 saturated carbocycles. The summed E-state index contributed by atoms with van der Waals surface area (Å²) in [5, 5.41) is 11.1. The fourth-order valence-corrected chi connectivity index (χ4v) is 5.01. The molecule has 0 radical (unpaired) electrons. The Morgan fingerprint density at radius 1 is 1.10 bits per heavy atom. The molecule has 0 bridgehead atoms. The predicted octanol–water partition coefficient (Wildman–Crippen LogP) is 5.57. The van der Waals surface area contributed by atoms with E-state index in [0.29, 0.717) is 50.6 Å². The van der Waals surface area contributed by atoms with Crippen LogP contribution in [0.1, 0.15) is 36.6 Å². The fraction of sp³-hybridized carbons (Fsp3) is 0.200. The third-order valence-corrected chi connectivity index (χ3v) is 6.95. The van der Waals surface area contributed by atoms with E-state index in [1.807, 2.05) is 36.4 Å². The summed E-state index contributed by atoms with van der Waals surface area (Å²) in [7, 11) is 0. The van der Waals surface area contributed by atoms with Crippen molar-refractivity contribution in [3.05, 3.63) is 104 Å². The van der Waals surface area contributed by atoms with Gasteiger partial charge in [0.1, 0.15) is 18.1 Å². The summed E-state index contributed by atoms with van der Waals surface area (Å²) in [5.41, 5.74) is 5.61. The van der Waals surface area contributed by atoms with Gasteiger partial charge < -0.3 is 24.8 Å². The Morgan fingerprint density at radius 2 is 1.90 bits per heavy atom. The van der Waals surface area contributed by atoms with Gasteiger partial charge in [0, 0.05) is 26.3 Å².